The summed E-state index contributed by atoms with van der Waals surface area (Å²) in [6.07, 6.45) is 2.98. The van der Waals surface area contributed by atoms with E-state index in [1.165, 1.54) is 0 Å². The van der Waals surface area contributed by atoms with Crippen molar-refractivity contribution >= 4 is 29.1 Å². The third kappa shape index (κ3) is 4.63. The highest BCUT2D eigenvalue weighted by molar-refractivity contribution is 6.31. The van der Waals surface area contributed by atoms with Crippen molar-refractivity contribution in [3.8, 4) is 0 Å². The van der Waals surface area contributed by atoms with E-state index in [0.717, 1.165) is 43.6 Å². The van der Waals surface area contributed by atoms with Crippen LogP contribution in [-0.4, -0.2) is 42.9 Å². The van der Waals surface area contributed by atoms with Gasteiger partial charge in [-0.1, -0.05) is 24.6 Å². The van der Waals surface area contributed by atoms with Crippen LogP contribution in [0.3, 0.4) is 0 Å². The zero-order valence-electron chi connectivity index (χ0n) is 12.8. The van der Waals surface area contributed by atoms with Gasteiger partial charge in [0.25, 0.3) is 0 Å². The summed E-state index contributed by atoms with van der Waals surface area (Å²) < 4.78 is 0. The lowest BCUT2D eigenvalue weighted by molar-refractivity contribution is -0.131. The SMILES string of the molecule is CCc1ccc(NCC(=O)NCC(=O)N2CCCC2)cc1Cl. The summed E-state index contributed by atoms with van der Waals surface area (Å²) in [4.78, 5) is 25.4. The monoisotopic (exact) mass is 323 g/mol. The van der Waals surface area contributed by atoms with Gasteiger partial charge < -0.3 is 15.5 Å². The number of benzene rings is 1. The second-order valence-electron chi connectivity index (χ2n) is 5.38. The van der Waals surface area contributed by atoms with Gasteiger partial charge in [0, 0.05) is 23.8 Å². The fourth-order valence-electron chi connectivity index (χ4n) is 2.44. The van der Waals surface area contributed by atoms with E-state index < -0.39 is 0 Å². The number of aryl methyl sites for hydroxylation is 1. The van der Waals surface area contributed by atoms with Gasteiger partial charge in [0.2, 0.25) is 11.8 Å². The van der Waals surface area contributed by atoms with Crippen molar-refractivity contribution in [2.45, 2.75) is 26.2 Å². The Labute approximate surface area is 136 Å². The summed E-state index contributed by atoms with van der Waals surface area (Å²) in [5, 5.41) is 6.34. The molecule has 1 aromatic carbocycles. The largest absolute Gasteiger partial charge is 0.376 e. The summed E-state index contributed by atoms with van der Waals surface area (Å²) in [5.41, 5.74) is 1.87. The first-order valence-electron chi connectivity index (χ1n) is 7.67. The van der Waals surface area contributed by atoms with Gasteiger partial charge in [-0.3, -0.25) is 9.59 Å². The van der Waals surface area contributed by atoms with Gasteiger partial charge in [0.15, 0.2) is 0 Å². The number of rotatable bonds is 6. The predicted molar refractivity (Wildman–Crippen MR) is 88.1 cm³/mol. The van der Waals surface area contributed by atoms with Crippen LogP contribution in [0.4, 0.5) is 5.69 Å². The fraction of sp³-hybridized carbons (Fsp3) is 0.500. The number of carbonyl (C=O) groups excluding carboxylic acids is 2. The van der Waals surface area contributed by atoms with E-state index in [-0.39, 0.29) is 24.9 Å². The Morgan fingerprint density at radius 3 is 2.59 bits per heavy atom. The zero-order chi connectivity index (χ0) is 15.9. The molecule has 0 unspecified atom stereocenters. The molecule has 1 aromatic rings. The minimum Gasteiger partial charge on any atom is -0.376 e. The summed E-state index contributed by atoms with van der Waals surface area (Å²) in [7, 11) is 0. The Balaban J connectivity index is 1.73. The predicted octanol–water partition coefficient (Wildman–Crippen LogP) is 2.05. The van der Waals surface area contributed by atoms with Gasteiger partial charge in [-0.2, -0.15) is 0 Å². The van der Waals surface area contributed by atoms with E-state index in [2.05, 4.69) is 10.6 Å². The number of nitrogens with zero attached hydrogens (tertiary/aromatic N) is 1. The third-order valence-corrected chi connectivity index (χ3v) is 4.13. The van der Waals surface area contributed by atoms with Crippen LogP contribution in [0.5, 0.6) is 0 Å². The molecule has 5 nitrogen and oxygen atoms in total. The maximum absolute atomic E-state index is 11.8. The molecule has 0 aromatic heterocycles. The number of hydrogen-bond acceptors (Lipinski definition) is 3. The Morgan fingerprint density at radius 1 is 1.23 bits per heavy atom. The number of nitrogens with one attached hydrogen (secondary N) is 2. The molecule has 1 fully saturated rings. The Hall–Kier alpha value is -1.75. The van der Waals surface area contributed by atoms with E-state index in [4.69, 9.17) is 11.6 Å². The van der Waals surface area contributed by atoms with Gasteiger partial charge >= 0.3 is 0 Å². The highest BCUT2D eigenvalue weighted by atomic mass is 35.5. The fourth-order valence-corrected chi connectivity index (χ4v) is 2.76. The van der Waals surface area contributed by atoms with E-state index in [9.17, 15) is 9.59 Å². The molecule has 120 valence electrons. The lowest BCUT2D eigenvalue weighted by atomic mass is 10.1. The smallest absolute Gasteiger partial charge is 0.241 e. The second-order valence-corrected chi connectivity index (χ2v) is 5.79. The number of carbonyl (C=O) groups is 2. The highest BCUT2D eigenvalue weighted by Crippen LogP contribution is 2.21. The Morgan fingerprint density at radius 2 is 1.95 bits per heavy atom. The molecule has 1 heterocycles. The maximum atomic E-state index is 11.8. The lowest BCUT2D eigenvalue weighted by Crippen LogP contribution is -2.40. The van der Waals surface area contributed by atoms with Crippen molar-refractivity contribution in [1.82, 2.24) is 10.2 Å². The van der Waals surface area contributed by atoms with Crippen LogP contribution in [0, 0.1) is 0 Å². The number of anilines is 1. The molecule has 0 spiro atoms. The van der Waals surface area contributed by atoms with E-state index in [1.807, 2.05) is 25.1 Å². The van der Waals surface area contributed by atoms with Crippen LogP contribution in [0.1, 0.15) is 25.3 Å². The molecule has 1 aliphatic heterocycles. The first-order chi connectivity index (χ1) is 10.6. The van der Waals surface area contributed by atoms with Crippen LogP contribution < -0.4 is 10.6 Å². The molecule has 0 aliphatic carbocycles. The molecule has 0 bridgehead atoms. The van der Waals surface area contributed by atoms with Crippen LogP contribution in [0.2, 0.25) is 5.02 Å². The molecule has 1 saturated heterocycles. The van der Waals surface area contributed by atoms with Crippen molar-refractivity contribution in [2.75, 3.05) is 31.5 Å². The average Bonchev–Trinajstić information content (AvgIpc) is 3.05. The van der Waals surface area contributed by atoms with Crippen LogP contribution >= 0.6 is 11.6 Å². The summed E-state index contributed by atoms with van der Waals surface area (Å²) in [6.45, 7) is 3.83. The molecule has 2 amide bonds. The van der Waals surface area contributed by atoms with Gasteiger partial charge in [0.1, 0.15) is 0 Å². The summed E-state index contributed by atoms with van der Waals surface area (Å²) in [6, 6.07) is 5.65. The minimum absolute atomic E-state index is 0.0128. The molecule has 22 heavy (non-hydrogen) atoms. The Bertz CT molecular complexity index is 542. The number of amides is 2. The molecular weight excluding hydrogens is 302 g/mol. The maximum Gasteiger partial charge on any atom is 0.241 e. The second kappa shape index (κ2) is 8.03. The van der Waals surface area contributed by atoms with Crippen LogP contribution in [0.25, 0.3) is 0 Å². The molecule has 1 aliphatic rings. The van der Waals surface area contributed by atoms with Crippen molar-refractivity contribution in [1.29, 1.82) is 0 Å². The summed E-state index contributed by atoms with van der Waals surface area (Å²) in [5.74, 6) is -0.218. The van der Waals surface area contributed by atoms with Crippen molar-refractivity contribution < 1.29 is 9.59 Å². The Kier molecular flexibility index (Phi) is 6.07. The average molecular weight is 324 g/mol. The van der Waals surface area contributed by atoms with E-state index in [0.29, 0.717) is 5.02 Å². The van der Waals surface area contributed by atoms with Crippen LogP contribution in [-0.2, 0) is 16.0 Å². The molecule has 2 rings (SSSR count). The minimum atomic E-state index is -0.205. The van der Waals surface area contributed by atoms with Crippen molar-refractivity contribution in [2.24, 2.45) is 0 Å². The molecule has 0 atom stereocenters. The first-order valence-corrected chi connectivity index (χ1v) is 8.04. The lowest BCUT2D eigenvalue weighted by Gasteiger charge is -2.15. The summed E-state index contributed by atoms with van der Waals surface area (Å²) >= 11 is 6.13. The first kappa shape index (κ1) is 16.6. The van der Waals surface area contributed by atoms with Crippen LogP contribution in [0.15, 0.2) is 18.2 Å². The topological polar surface area (TPSA) is 61.4 Å². The third-order valence-electron chi connectivity index (χ3n) is 3.78. The van der Waals surface area contributed by atoms with Gasteiger partial charge in [-0.15, -0.1) is 0 Å². The molecule has 6 heteroatoms. The van der Waals surface area contributed by atoms with E-state index in [1.54, 1.807) is 4.90 Å². The standard InChI is InChI=1S/C16H22ClN3O2/c1-2-12-5-6-13(9-14(12)17)18-10-15(21)19-11-16(22)20-7-3-4-8-20/h5-6,9,18H,2-4,7-8,10-11H2,1H3,(H,19,21). The quantitative estimate of drug-likeness (QED) is 0.842. The number of halogens is 1. The van der Waals surface area contributed by atoms with Gasteiger partial charge in [-0.25, -0.2) is 0 Å². The molecule has 0 radical (unpaired) electrons. The number of likely N-dealkylation sites (tertiary alicyclic amines) is 1. The van der Waals surface area contributed by atoms with Gasteiger partial charge in [0.05, 0.1) is 13.1 Å². The van der Waals surface area contributed by atoms with E-state index >= 15 is 0 Å². The van der Waals surface area contributed by atoms with Crippen molar-refractivity contribution in [3.63, 3.8) is 0 Å². The van der Waals surface area contributed by atoms with Gasteiger partial charge in [-0.05, 0) is 37.0 Å². The zero-order valence-corrected chi connectivity index (χ0v) is 13.6. The highest BCUT2D eigenvalue weighted by Gasteiger charge is 2.17. The number of hydrogen-bond donors (Lipinski definition) is 2. The molecule has 0 saturated carbocycles. The van der Waals surface area contributed by atoms with Crippen molar-refractivity contribution in [3.05, 3.63) is 28.8 Å². The molecular formula is C16H22ClN3O2. The molecule has 2 N–H and O–H groups in total. The normalized spacial score (nSPS) is 14.0.